The van der Waals surface area contributed by atoms with Crippen molar-refractivity contribution >= 4 is 11.8 Å². The molecular weight excluding hydrogens is 306 g/mol. The standard InChI is InChI=1S/C18H25N3O3/c1-12-5-3-4-6-14(12)16-17(24-11-15(22)20(16)2)18(23)21-9-7-13(19)8-10-21/h3-6,13,16-17H,7-11,19H2,1-2H3/t16-,17+/m1/s1. The Labute approximate surface area is 142 Å². The highest BCUT2D eigenvalue weighted by Crippen LogP contribution is 2.32. The number of nitrogens with two attached hydrogens (primary N) is 1. The number of likely N-dealkylation sites (N-methyl/N-ethyl adjacent to an activating group) is 1. The zero-order valence-corrected chi connectivity index (χ0v) is 14.3. The lowest BCUT2D eigenvalue weighted by Gasteiger charge is -2.41. The molecule has 0 aliphatic carbocycles. The van der Waals surface area contributed by atoms with E-state index in [0.29, 0.717) is 13.1 Å². The van der Waals surface area contributed by atoms with E-state index >= 15 is 0 Å². The molecule has 2 heterocycles. The number of nitrogens with zero attached hydrogens (tertiary/aromatic N) is 2. The van der Waals surface area contributed by atoms with Crippen molar-refractivity contribution in [1.82, 2.24) is 9.80 Å². The van der Waals surface area contributed by atoms with Gasteiger partial charge in [-0.25, -0.2) is 0 Å². The van der Waals surface area contributed by atoms with Crippen molar-refractivity contribution in [2.75, 3.05) is 26.7 Å². The van der Waals surface area contributed by atoms with Crippen molar-refractivity contribution in [3.05, 3.63) is 35.4 Å². The number of likely N-dealkylation sites (tertiary alicyclic amines) is 1. The number of rotatable bonds is 2. The van der Waals surface area contributed by atoms with Crippen LogP contribution in [0.5, 0.6) is 0 Å². The van der Waals surface area contributed by atoms with Crippen molar-refractivity contribution in [3.63, 3.8) is 0 Å². The van der Waals surface area contributed by atoms with Crippen molar-refractivity contribution in [3.8, 4) is 0 Å². The van der Waals surface area contributed by atoms with Gasteiger partial charge in [-0.3, -0.25) is 9.59 Å². The summed E-state index contributed by atoms with van der Waals surface area (Å²) in [5.74, 6) is -0.150. The third-order valence-electron chi connectivity index (χ3n) is 5.09. The van der Waals surface area contributed by atoms with Gasteiger partial charge < -0.3 is 20.3 Å². The molecule has 6 nitrogen and oxygen atoms in total. The van der Waals surface area contributed by atoms with Crippen LogP contribution < -0.4 is 5.73 Å². The summed E-state index contributed by atoms with van der Waals surface area (Å²) in [6.07, 6.45) is 0.952. The molecule has 0 aromatic heterocycles. The molecule has 0 bridgehead atoms. The lowest BCUT2D eigenvalue weighted by molar-refractivity contribution is -0.168. The van der Waals surface area contributed by atoms with Crippen molar-refractivity contribution in [2.24, 2.45) is 5.73 Å². The zero-order valence-electron chi connectivity index (χ0n) is 14.3. The van der Waals surface area contributed by atoms with Gasteiger partial charge in [0.1, 0.15) is 6.61 Å². The van der Waals surface area contributed by atoms with Crippen molar-refractivity contribution in [2.45, 2.75) is 38.0 Å². The predicted molar refractivity (Wildman–Crippen MR) is 90.2 cm³/mol. The number of hydrogen-bond acceptors (Lipinski definition) is 4. The van der Waals surface area contributed by atoms with E-state index in [1.165, 1.54) is 0 Å². The van der Waals surface area contributed by atoms with Crippen molar-refractivity contribution < 1.29 is 14.3 Å². The highest BCUT2D eigenvalue weighted by Gasteiger charge is 2.42. The minimum Gasteiger partial charge on any atom is -0.356 e. The van der Waals surface area contributed by atoms with Crippen LogP contribution in [-0.2, 0) is 14.3 Å². The van der Waals surface area contributed by atoms with Gasteiger partial charge in [0.2, 0.25) is 5.91 Å². The molecule has 1 aromatic carbocycles. The monoisotopic (exact) mass is 331 g/mol. The number of hydrogen-bond donors (Lipinski definition) is 1. The third-order valence-corrected chi connectivity index (χ3v) is 5.09. The predicted octanol–water partition coefficient (Wildman–Crippen LogP) is 0.843. The second-order valence-electron chi connectivity index (χ2n) is 6.70. The maximum absolute atomic E-state index is 13.0. The van der Waals surface area contributed by atoms with E-state index < -0.39 is 12.1 Å². The van der Waals surface area contributed by atoms with E-state index in [4.69, 9.17) is 10.5 Å². The number of ether oxygens (including phenoxy) is 1. The fourth-order valence-corrected chi connectivity index (χ4v) is 3.51. The molecular formula is C18H25N3O3. The van der Waals surface area contributed by atoms with E-state index in [-0.39, 0.29) is 24.5 Å². The number of carbonyl (C=O) groups excluding carboxylic acids is 2. The Balaban J connectivity index is 1.88. The molecule has 6 heteroatoms. The molecule has 3 rings (SSSR count). The third kappa shape index (κ3) is 3.16. The molecule has 2 fully saturated rings. The first kappa shape index (κ1) is 16.9. The van der Waals surface area contributed by atoms with Gasteiger partial charge >= 0.3 is 0 Å². The Morgan fingerprint density at radius 3 is 2.58 bits per heavy atom. The molecule has 2 N–H and O–H groups in total. The lowest BCUT2D eigenvalue weighted by Crippen LogP contribution is -2.55. The maximum Gasteiger partial charge on any atom is 0.254 e. The van der Waals surface area contributed by atoms with E-state index in [1.54, 1.807) is 11.9 Å². The Hall–Kier alpha value is -1.92. The van der Waals surface area contributed by atoms with Crippen LogP contribution in [0.15, 0.2) is 24.3 Å². The van der Waals surface area contributed by atoms with Gasteiger partial charge in [0.25, 0.3) is 5.91 Å². The van der Waals surface area contributed by atoms with Gasteiger partial charge in [-0.2, -0.15) is 0 Å². The highest BCUT2D eigenvalue weighted by atomic mass is 16.5. The summed E-state index contributed by atoms with van der Waals surface area (Å²) < 4.78 is 5.71. The lowest BCUT2D eigenvalue weighted by atomic mass is 9.93. The second-order valence-corrected chi connectivity index (χ2v) is 6.70. The van der Waals surface area contributed by atoms with Crippen LogP contribution in [0.25, 0.3) is 0 Å². The summed E-state index contributed by atoms with van der Waals surface area (Å²) >= 11 is 0. The SMILES string of the molecule is Cc1ccccc1[C@@H]1[C@@H](C(=O)N2CCC(N)CC2)OCC(=O)N1C. The summed E-state index contributed by atoms with van der Waals surface area (Å²) in [6.45, 7) is 3.24. The van der Waals surface area contributed by atoms with E-state index in [9.17, 15) is 9.59 Å². The molecule has 2 aliphatic rings. The number of amides is 2. The molecule has 2 amide bonds. The van der Waals surface area contributed by atoms with Crippen LogP contribution in [0.3, 0.4) is 0 Å². The highest BCUT2D eigenvalue weighted by molar-refractivity contribution is 5.86. The smallest absolute Gasteiger partial charge is 0.254 e. The minimum atomic E-state index is -0.664. The first-order chi connectivity index (χ1) is 11.5. The molecule has 0 radical (unpaired) electrons. The summed E-state index contributed by atoms with van der Waals surface area (Å²) in [6, 6.07) is 7.60. The van der Waals surface area contributed by atoms with Gasteiger partial charge in [0.15, 0.2) is 6.10 Å². The Bertz CT molecular complexity index is 626. The average molecular weight is 331 g/mol. The van der Waals surface area contributed by atoms with Crippen LogP contribution in [0.1, 0.15) is 30.0 Å². The fraction of sp³-hybridized carbons (Fsp3) is 0.556. The number of carbonyl (C=O) groups is 2. The second kappa shape index (κ2) is 6.91. The molecule has 2 aliphatic heterocycles. The number of morpholine rings is 1. The zero-order chi connectivity index (χ0) is 17.3. The van der Waals surface area contributed by atoms with Crippen LogP contribution in [0, 0.1) is 6.92 Å². The number of piperidine rings is 1. The van der Waals surface area contributed by atoms with Gasteiger partial charge in [-0.05, 0) is 30.9 Å². The number of aryl methyl sites for hydroxylation is 1. The van der Waals surface area contributed by atoms with E-state index in [0.717, 1.165) is 24.0 Å². The Morgan fingerprint density at radius 1 is 1.25 bits per heavy atom. The molecule has 0 unspecified atom stereocenters. The van der Waals surface area contributed by atoms with E-state index in [1.807, 2.05) is 36.1 Å². The minimum absolute atomic E-state index is 0.0468. The molecule has 0 spiro atoms. The van der Waals surface area contributed by atoms with Crippen LogP contribution in [-0.4, -0.2) is 60.5 Å². The van der Waals surface area contributed by atoms with Gasteiger partial charge in [0.05, 0.1) is 6.04 Å². The van der Waals surface area contributed by atoms with E-state index in [2.05, 4.69) is 0 Å². The largest absolute Gasteiger partial charge is 0.356 e. The summed E-state index contributed by atoms with van der Waals surface area (Å²) in [4.78, 5) is 28.6. The summed E-state index contributed by atoms with van der Waals surface area (Å²) in [5, 5.41) is 0. The van der Waals surface area contributed by atoms with Crippen LogP contribution in [0.2, 0.25) is 0 Å². The van der Waals surface area contributed by atoms with Gasteiger partial charge in [-0.1, -0.05) is 24.3 Å². The maximum atomic E-state index is 13.0. The Kier molecular flexibility index (Phi) is 4.87. The number of benzene rings is 1. The Morgan fingerprint density at radius 2 is 1.92 bits per heavy atom. The molecule has 2 atom stereocenters. The van der Waals surface area contributed by atoms with Gasteiger partial charge in [0, 0.05) is 26.2 Å². The van der Waals surface area contributed by atoms with Crippen molar-refractivity contribution in [1.29, 1.82) is 0 Å². The molecule has 130 valence electrons. The topological polar surface area (TPSA) is 75.9 Å². The summed E-state index contributed by atoms with van der Waals surface area (Å²) in [7, 11) is 1.74. The first-order valence-corrected chi connectivity index (χ1v) is 8.46. The first-order valence-electron chi connectivity index (χ1n) is 8.46. The quantitative estimate of drug-likeness (QED) is 0.871. The molecule has 0 saturated carbocycles. The average Bonchev–Trinajstić information content (AvgIpc) is 2.58. The summed E-state index contributed by atoms with van der Waals surface area (Å²) in [5.41, 5.74) is 7.94. The normalized spacial score (nSPS) is 25.9. The van der Waals surface area contributed by atoms with Gasteiger partial charge in [-0.15, -0.1) is 0 Å². The molecule has 2 saturated heterocycles. The van der Waals surface area contributed by atoms with Crippen LogP contribution >= 0.6 is 0 Å². The van der Waals surface area contributed by atoms with Crippen LogP contribution in [0.4, 0.5) is 0 Å². The molecule has 24 heavy (non-hydrogen) atoms. The fourth-order valence-electron chi connectivity index (χ4n) is 3.51. The molecule has 1 aromatic rings.